The molecule has 3 amide bonds. The molecule has 0 radical (unpaired) electrons. The molecule has 1 aliphatic heterocycles. The average molecular weight is 925 g/mol. The van der Waals surface area contributed by atoms with Gasteiger partial charge < -0.3 is 45.7 Å². The van der Waals surface area contributed by atoms with E-state index in [9.17, 15) is 37.8 Å². The van der Waals surface area contributed by atoms with Crippen molar-refractivity contribution in [3.8, 4) is 0 Å². The Morgan fingerprint density at radius 2 is 1.55 bits per heavy atom. The van der Waals surface area contributed by atoms with Crippen molar-refractivity contribution >= 4 is 40.7 Å². The van der Waals surface area contributed by atoms with E-state index in [2.05, 4.69) is 55.9 Å². The molecule has 8 rings (SSSR count). The number of hydrogen-bond acceptors (Lipinski definition) is 13. The summed E-state index contributed by atoms with van der Waals surface area (Å²) in [6, 6.07) is 23.4. The molecular formula is C46H51F3N12O6. The highest BCUT2D eigenvalue weighted by molar-refractivity contribution is 5.94. The quantitative estimate of drug-likeness (QED) is 0.0773. The third kappa shape index (κ3) is 10.9. The Hall–Kier alpha value is -7.13. The molecule has 0 bridgehead atoms. The first-order valence-corrected chi connectivity index (χ1v) is 21.9. The molecule has 21 heteroatoms. The first-order chi connectivity index (χ1) is 32.1. The van der Waals surface area contributed by atoms with Crippen LogP contribution in [0.2, 0.25) is 0 Å². The summed E-state index contributed by atoms with van der Waals surface area (Å²) in [7, 11) is 0. The van der Waals surface area contributed by atoms with Gasteiger partial charge in [-0.3, -0.25) is 9.48 Å². The number of alkyl halides is 3. The first-order valence-electron chi connectivity index (χ1n) is 21.9. The predicted octanol–water partition coefficient (Wildman–Crippen LogP) is 4.65. The zero-order valence-electron chi connectivity index (χ0n) is 36.7. The maximum absolute atomic E-state index is 14.1. The second-order valence-corrected chi connectivity index (χ2v) is 17.3. The van der Waals surface area contributed by atoms with Gasteiger partial charge in [-0.25, -0.2) is 29.5 Å². The van der Waals surface area contributed by atoms with Crippen LogP contribution in [0.15, 0.2) is 104 Å². The molecule has 0 unspecified atom stereocenters. The third-order valence-electron chi connectivity index (χ3n) is 12.0. The second kappa shape index (κ2) is 19.8. The number of anilines is 2. The molecule has 4 aromatic heterocycles. The number of nitrogens with one attached hydrogen (secondary N) is 4. The molecule has 2 aliphatic rings. The number of aliphatic hydroxyl groups excluding tert-OH is 2. The Bertz CT molecular complexity index is 2600. The molecule has 6 N–H and O–H groups in total. The molecule has 6 aromatic rings. The van der Waals surface area contributed by atoms with E-state index in [0.717, 1.165) is 42.9 Å². The van der Waals surface area contributed by atoms with E-state index in [-0.39, 0.29) is 59.3 Å². The van der Waals surface area contributed by atoms with Crippen molar-refractivity contribution in [1.82, 2.24) is 50.2 Å². The normalized spacial score (nSPS) is 19.1. The fraction of sp³-hybridized carbons (Fsp3) is 0.391. The number of hydrogen-bond donors (Lipinski definition) is 6. The monoisotopic (exact) mass is 924 g/mol. The minimum atomic E-state index is -5.17. The van der Waals surface area contributed by atoms with Crippen molar-refractivity contribution in [2.45, 2.75) is 87.7 Å². The summed E-state index contributed by atoms with van der Waals surface area (Å²) < 4.78 is 45.3. The van der Waals surface area contributed by atoms with E-state index in [1.54, 1.807) is 24.6 Å². The largest absolute Gasteiger partial charge is 0.490 e. The van der Waals surface area contributed by atoms with Crippen LogP contribution < -0.4 is 26.2 Å². The second-order valence-electron chi connectivity index (χ2n) is 17.3. The molecule has 1 aliphatic carbocycles. The van der Waals surface area contributed by atoms with E-state index in [1.165, 1.54) is 23.4 Å². The first kappa shape index (κ1) is 46.4. The molecule has 4 atom stereocenters. The van der Waals surface area contributed by atoms with Crippen LogP contribution in [0, 0.1) is 0 Å². The van der Waals surface area contributed by atoms with E-state index in [4.69, 9.17) is 0 Å². The number of halogens is 3. The van der Waals surface area contributed by atoms with Crippen molar-refractivity contribution in [3.05, 3.63) is 126 Å². The molecule has 18 nitrogen and oxygen atoms in total. The summed E-state index contributed by atoms with van der Waals surface area (Å²) in [6.07, 6.45) is -0.735. The average Bonchev–Trinajstić information content (AvgIpc) is 4.05. The van der Waals surface area contributed by atoms with Gasteiger partial charge in [0, 0.05) is 56.1 Å². The highest BCUT2D eigenvalue weighted by atomic mass is 19.4. The van der Waals surface area contributed by atoms with Gasteiger partial charge >= 0.3 is 18.2 Å². The number of rotatable bonds is 15. The summed E-state index contributed by atoms with van der Waals surface area (Å²) in [6.45, 7) is 4.65. The predicted molar refractivity (Wildman–Crippen MR) is 239 cm³/mol. The van der Waals surface area contributed by atoms with Crippen LogP contribution in [-0.4, -0.2) is 119 Å². The van der Waals surface area contributed by atoms with E-state index >= 15 is 0 Å². The van der Waals surface area contributed by atoms with Gasteiger partial charge in [0.15, 0.2) is 11.5 Å². The molecule has 67 heavy (non-hydrogen) atoms. The van der Waals surface area contributed by atoms with Crippen molar-refractivity contribution < 1.29 is 42.5 Å². The van der Waals surface area contributed by atoms with Gasteiger partial charge in [-0.1, -0.05) is 66.7 Å². The third-order valence-corrected chi connectivity index (χ3v) is 12.0. The van der Waals surface area contributed by atoms with Gasteiger partial charge in [0.2, 0.25) is 5.82 Å². The smallest absolute Gasteiger partial charge is 0.454 e. The van der Waals surface area contributed by atoms with Crippen LogP contribution in [0.5, 0.6) is 0 Å². The zero-order chi connectivity index (χ0) is 47.3. The van der Waals surface area contributed by atoms with Crippen molar-refractivity contribution in [2.24, 2.45) is 0 Å². The number of carbonyl (C=O) groups excluding carboxylic acids is 3. The lowest BCUT2D eigenvalue weighted by molar-refractivity contribution is -0.201. The van der Waals surface area contributed by atoms with Crippen LogP contribution in [0.25, 0.3) is 11.2 Å². The highest BCUT2D eigenvalue weighted by Crippen LogP contribution is 2.40. The SMILES string of the molecule is CC(C)(CNC(=O)c1nc(NCC(c2ccccc2)c2ccccc2)c2ncn([C@@H]3C[C@H](n4cc(COC(=O)C(F)(F)F)cn4)[C@@H](O)[C@H]3O)c2n1)NC(=O)NC1CCN(c2ccccn2)CC1. The van der Waals surface area contributed by atoms with Crippen LogP contribution in [-0.2, 0) is 16.1 Å². The molecule has 1 saturated heterocycles. The minimum Gasteiger partial charge on any atom is -0.454 e. The number of esters is 1. The summed E-state index contributed by atoms with van der Waals surface area (Å²) in [5, 5.41) is 39.2. The van der Waals surface area contributed by atoms with Gasteiger partial charge in [0.25, 0.3) is 5.91 Å². The Kier molecular flexibility index (Phi) is 13.7. The number of fused-ring (bicyclic) bond motifs is 1. The molecule has 5 heterocycles. The maximum Gasteiger partial charge on any atom is 0.490 e. The van der Waals surface area contributed by atoms with Crippen molar-refractivity contribution in [1.29, 1.82) is 0 Å². The molecule has 2 fully saturated rings. The summed E-state index contributed by atoms with van der Waals surface area (Å²) >= 11 is 0. The summed E-state index contributed by atoms with van der Waals surface area (Å²) in [5.41, 5.74) is 1.72. The number of nitrogens with zero attached hydrogens (tertiary/aromatic N) is 8. The Morgan fingerprint density at radius 3 is 2.21 bits per heavy atom. The number of ether oxygens (including phenoxy) is 1. The fourth-order valence-corrected chi connectivity index (χ4v) is 8.52. The van der Waals surface area contributed by atoms with Gasteiger partial charge in [-0.05, 0) is 56.4 Å². The fourth-order valence-electron chi connectivity index (χ4n) is 8.52. The number of urea groups is 1. The van der Waals surface area contributed by atoms with Crippen molar-refractivity contribution in [3.63, 3.8) is 0 Å². The number of benzene rings is 2. The topological polar surface area (TPSA) is 227 Å². The lowest BCUT2D eigenvalue weighted by Crippen LogP contribution is -2.56. The number of piperidine rings is 1. The number of pyridine rings is 1. The van der Waals surface area contributed by atoms with Gasteiger partial charge in [0.1, 0.15) is 30.1 Å². The van der Waals surface area contributed by atoms with E-state index in [0.29, 0.717) is 6.54 Å². The van der Waals surface area contributed by atoms with Gasteiger partial charge in [0.05, 0.1) is 30.1 Å². The zero-order valence-corrected chi connectivity index (χ0v) is 36.7. The highest BCUT2D eigenvalue weighted by Gasteiger charge is 2.45. The number of imidazole rings is 1. The van der Waals surface area contributed by atoms with E-state index < -0.39 is 54.5 Å². The molecule has 352 valence electrons. The molecule has 2 aromatic carbocycles. The number of aromatic nitrogens is 7. The number of amides is 3. The van der Waals surface area contributed by atoms with E-state index in [1.807, 2.05) is 78.9 Å². The van der Waals surface area contributed by atoms with Gasteiger partial charge in [-0.2, -0.15) is 18.3 Å². The van der Waals surface area contributed by atoms with Gasteiger partial charge in [-0.15, -0.1) is 0 Å². The Labute approximate surface area is 383 Å². The summed E-state index contributed by atoms with van der Waals surface area (Å²) in [4.78, 5) is 59.1. The minimum absolute atomic E-state index is 0.00135. The number of carbonyl (C=O) groups is 3. The lowest BCUT2D eigenvalue weighted by Gasteiger charge is -2.34. The molecule has 1 saturated carbocycles. The molecule has 0 spiro atoms. The van der Waals surface area contributed by atoms with Crippen molar-refractivity contribution in [2.75, 3.05) is 36.4 Å². The Balaban J connectivity index is 1.00. The summed E-state index contributed by atoms with van der Waals surface area (Å²) in [5.74, 6) is -2.27. The van der Waals surface area contributed by atoms with Crippen LogP contribution in [0.4, 0.5) is 29.6 Å². The maximum atomic E-state index is 14.1. The molecular weight excluding hydrogens is 874 g/mol. The van der Waals surface area contributed by atoms with Crippen LogP contribution in [0.3, 0.4) is 0 Å². The van der Waals surface area contributed by atoms with Crippen LogP contribution in [0.1, 0.15) is 78.4 Å². The Morgan fingerprint density at radius 1 is 0.881 bits per heavy atom. The lowest BCUT2D eigenvalue weighted by atomic mass is 9.91. The number of aliphatic hydroxyl groups is 2. The standard InChI is InChI=1S/C46H51F3N12O6/c1-45(2,58-44(66)55-31-16-19-59(20-17-31)35-15-9-10-18-50-35)26-52-42(64)40-56-39(51-23-32(29-11-5-3-6-12-29)30-13-7-4-8-14-30)36-41(57-40)60(27-53-36)33-21-34(38(63)37(33)62)61-24-28(22-54-61)25-67-43(65)46(47,48)49/h3-15,18,22,24,27,31-34,37-38,62-63H,16-17,19-21,23,25-26H2,1-2H3,(H,52,64)(H,51,56,57)(H2,55,58,66)/t33-,34+,37+,38-/m1/s1. The van der Waals surface area contributed by atoms with Crippen LogP contribution >= 0.6 is 0 Å².